The van der Waals surface area contributed by atoms with E-state index in [2.05, 4.69) is 0 Å². The summed E-state index contributed by atoms with van der Waals surface area (Å²) in [6.07, 6.45) is -6.99. The first-order chi connectivity index (χ1) is 17.7. The van der Waals surface area contributed by atoms with Crippen molar-refractivity contribution >= 4 is 24.1 Å². The fourth-order valence-electron chi connectivity index (χ4n) is 3.67. The molecule has 212 valence electrons. The second-order valence-corrected chi connectivity index (χ2v) is 10.7. The second-order valence-electron chi connectivity index (χ2n) is 10.7. The summed E-state index contributed by atoms with van der Waals surface area (Å²) in [5.41, 5.74) is -7.57. The number of esters is 2. The molecule has 2 rings (SSSR count). The highest BCUT2D eigenvalue weighted by molar-refractivity contribution is 5.88. The van der Waals surface area contributed by atoms with Crippen LogP contribution in [-0.2, 0) is 24.5 Å². The van der Waals surface area contributed by atoms with Gasteiger partial charge in [0, 0.05) is 12.2 Å². The topological polar surface area (TPSA) is 52.6 Å². The molecule has 10 heteroatoms. The van der Waals surface area contributed by atoms with Gasteiger partial charge in [-0.05, 0) is 75.9 Å². The van der Waals surface area contributed by atoms with Crippen molar-refractivity contribution in [2.45, 2.75) is 70.5 Å². The minimum Gasteiger partial charge on any atom is -0.457 e. The molecular formula is C29H30F6O4. The highest BCUT2D eigenvalue weighted by atomic mass is 19.4. The van der Waals surface area contributed by atoms with Crippen LogP contribution in [-0.4, -0.2) is 35.5 Å². The lowest BCUT2D eigenvalue weighted by molar-refractivity contribution is -0.288. The van der Waals surface area contributed by atoms with E-state index in [1.54, 1.807) is 41.5 Å². The predicted octanol–water partition coefficient (Wildman–Crippen LogP) is 7.81. The third-order valence-electron chi connectivity index (χ3n) is 5.18. The number of rotatable bonds is 6. The lowest BCUT2D eigenvalue weighted by Gasteiger charge is -2.38. The van der Waals surface area contributed by atoms with E-state index in [1.165, 1.54) is 12.2 Å². The predicted molar refractivity (Wildman–Crippen MR) is 136 cm³/mol. The Morgan fingerprint density at radius 2 is 0.846 bits per heavy atom. The number of ether oxygens (including phenoxy) is 2. The second kappa shape index (κ2) is 11.3. The number of halogens is 6. The van der Waals surface area contributed by atoms with Gasteiger partial charge < -0.3 is 9.47 Å². The molecule has 2 aromatic carbocycles. The van der Waals surface area contributed by atoms with Crippen molar-refractivity contribution in [1.29, 1.82) is 0 Å². The maximum Gasteiger partial charge on any atom is 0.411 e. The van der Waals surface area contributed by atoms with Gasteiger partial charge in [-0.2, -0.15) is 26.3 Å². The zero-order valence-electron chi connectivity index (χ0n) is 22.3. The maximum absolute atomic E-state index is 14.4. The molecule has 0 heterocycles. The number of benzene rings is 2. The standard InChI is InChI=1S/C29H30F6O4/c1-25(2,3)38-23(36)17-11-19-7-13-21(14-8-19)27(28(30,31)32,29(33,34)35)22-15-9-20(10-16-22)12-18-24(37)39-26(4,5)6/h7-18H,1-6H3. The van der Waals surface area contributed by atoms with Gasteiger partial charge in [0.15, 0.2) is 0 Å². The Kier molecular flexibility index (Phi) is 9.15. The van der Waals surface area contributed by atoms with Gasteiger partial charge in [-0.1, -0.05) is 48.5 Å². The molecule has 0 bridgehead atoms. The molecule has 2 aromatic rings. The minimum atomic E-state index is -5.76. The number of hydrogen-bond acceptors (Lipinski definition) is 4. The van der Waals surface area contributed by atoms with Crippen LogP contribution in [0.3, 0.4) is 0 Å². The van der Waals surface area contributed by atoms with Gasteiger partial charge in [0.05, 0.1) is 0 Å². The molecule has 0 aliphatic rings. The molecule has 0 unspecified atom stereocenters. The van der Waals surface area contributed by atoms with E-state index in [-0.39, 0.29) is 11.1 Å². The van der Waals surface area contributed by atoms with Crippen LogP contribution in [0.1, 0.15) is 63.8 Å². The zero-order valence-corrected chi connectivity index (χ0v) is 22.3. The fraction of sp³-hybridized carbons (Fsp3) is 0.379. The molecule has 0 saturated heterocycles. The van der Waals surface area contributed by atoms with E-state index in [9.17, 15) is 35.9 Å². The third kappa shape index (κ3) is 8.21. The van der Waals surface area contributed by atoms with E-state index < -0.39 is 52.0 Å². The Hall–Kier alpha value is -3.56. The summed E-state index contributed by atoms with van der Waals surface area (Å²) < 4.78 is 96.6. The largest absolute Gasteiger partial charge is 0.457 e. The average Bonchev–Trinajstić information content (AvgIpc) is 2.74. The molecule has 0 atom stereocenters. The number of alkyl halides is 6. The molecule has 0 fully saturated rings. The van der Waals surface area contributed by atoms with Gasteiger partial charge in [0.25, 0.3) is 0 Å². The number of carbonyl (C=O) groups is 2. The number of carbonyl (C=O) groups excluding carboxylic acids is 2. The maximum atomic E-state index is 14.4. The van der Waals surface area contributed by atoms with Crippen molar-refractivity contribution in [3.8, 4) is 0 Å². The van der Waals surface area contributed by atoms with E-state index >= 15 is 0 Å². The number of hydrogen-bond donors (Lipinski definition) is 0. The molecule has 4 nitrogen and oxygen atoms in total. The third-order valence-corrected chi connectivity index (χ3v) is 5.18. The van der Waals surface area contributed by atoms with Crippen LogP contribution in [0, 0.1) is 0 Å². The molecule has 0 amide bonds. The lowest BCUT2D eigenvalue weighted by Crippen LogP contribution is -2.54. The summed E-state index contributed by atoms with van der Waals surface area (Å²) in [5, 5.41) is 0. The molecule has 0 aliphatic carbocycles. The molecule has 0 saturated carbocycles. The summed E-state index contributed by atoms with van der Waals surface area (Å²) >= 11 is 0. The Morgan fingerprint density at radius 3 is 1.08 bits per heavy atom. The fourth-order valence-corrected chi connectivity index (χ4v) is 3.67. The van der Waals surface area contributed by atoms with Gasteiger partial charge in [-0.3, -0.25) is 0 Å². The molecule has 0 spiro atoms. The Bertz CT molecular complexity index is 1110. The molecule has 0 N–H and O–H groups in total. The summed E-state index contributed by atoms with van der Waals surface area (Å²) in [5.74, 6) is -1.43. The SMILES string of the molecule is CC(C)(C)OC(=O)C=Cc1ccc(C(c2ccc(C=CC(=O)OC(C)(C)C)cc2)(C(F)(F)F)C(F)(F)F)cc1. The quantitative estimate of drug-likeness (QED) is 0.207. The molecule has 39 heavy (non-hydrogen) atoms. The van der Waals surface area contributed by atoms with Crippen LogP contribution >= 0.6 is 0 Å². The monoisotopic (exact) mass is 556 g/mol. The van der Waals surface area contributed by atoms with Crippen LogP contribution in [0.5, 0.6) is 0 Å². The molecule has 0 radical (unpaired) electrons. The summed E-state index contributed by atoms with van der Waals surface area (Å²) in [6, 6.07) is 7.14. The van der Waals surface area contributed by atoms with E-state index in [4.69, 9.17) is 9.47 Å². The van der Waals surface area contributed by atoms with Crippen LogP contribution in [0.4, 0.5) is 26.3 Å². The van der Waals surface area contributed by atoms with Gasteiger partial charge >= 0.3 is 24.3 Å². The van der Waals surface area contributed by atoms with Crippen molar-refractivity contribution in [1.82, 2.24) is 0 Å². The van der Waals surface area contributed by atoms with Crippen molar-refractivity contribution in [3.05, 3.63) is 82.9 Å². The Balaban J connectivity index is 2.49. The first-order valence-corrected chi connectivity index (χ1v) is 11.8. The van der Waals surface area contributed by atoms with E-state index in [0.717, 1.165) is 60.7 Å². The summed E-state index contributed by atoms with van der Waals surface area (Å²) in [4.78, 5) is 23.7. The van der Waals surface area contributed by atoms with Crippen molar-refractivity contribution < 1.29 is 45.4 Å². The van der Waals surface area contributed by atoms with Gasteiger partial charge in [0.2, 0.25) is 5.41 Å². The van der Waals surface area contributed by atoms with Crippen molar-refractivity contribution in [2.75, 3.05) is 0 Å². The first-order valence-electron chi connectivity index (χ1n) is 11.8. The van der Waals surface area contributed by atoms with E-state index in [1.807, 2.05) is 0 Å². The zero-order chi connectivity index (χ0) is 29.9. The smallest absolute Gasteiger partial charge is 0.411 e. The lowest BCUT2D eigenvalue weighted by atomic mass is 9.72. The van der Waals surface area contributed by atoms with Crippen LogP contribution in [0.25, 0.3) is 12.2 Å². The Labute approximate surface area is 223 Å². The average molecular weight is 557 g/mol. The van der Waals surface area contributed by atoms with Crippen LogP contribution in [0.2, 0.25) is 0 Å². The highest BCUT2D eigenvalue weighted by Gasteiger charge is 2.72. The van der Waals surface area contributed by atoms with Crippen LogP contribution < -0.4 is 0 Å². The molecule has 0 aliphatic heterocycles. The minimum absolute atomic E-state index is 0.200. The molecular weight excluding hydrogens is 526 g/mol. The highest BCUT2D eigenvalue weighted by Crippen LogP contribution is 2.56. The van der Waals surface area contributed by atoms with E-state index in [0.29, 0.717) is 0 Å². The van der Waals surface area contributed by atoms with Gasteiger partial charge in [0.1, 0.15) is 11.2 Å². The van der Waals surface area contributed by atoms with Gasteiger partial charge in [-0.15, -0.1) is 0 Å². The van der Waals surface area contributed by atoms with Crippen molar-refractivity contribution in [2.24, 2.45) is 0 Å². The molecule has 0 aromatic heterocycles. The van der Waals surface area contributed by atoms with Gasteiger partial charge in [-0.25, -0.2) is 9.59 Å². The van der Waals surface area contributed by atoms with Crippen molar-refractivity contribution in [3.63, 3.8) is 0 Å². The Morgan fingerprint density at radius 1 is 0.564 bits per heavy atom. The normalized spacial score (nSPS) is 13.6. The summed E-state index contributed by atoms with van der Waals surface area (Å²) in [6.45, 7) is 9.86. The van der Waals surface area contributed by atoms with Crippen LogP contribution in [0.15, 0.2) is 60.7 Å². The first kappa shape index (κ1) is 31.7. The summed E-state index contributed by atoms with van der Waals surface area (Å²) in [7, 11) is 0.